The second kappa shape index (κ2) is 8.87. The highest BCUT2D eigenvalue weighted by molar-refractivity contribution is 5.96. The summed E-state index contributed by atoms with van der Waals surface area (Å²) in [4.78, 5) is 24.5. The lowest BCUT2D eigenvalue weighted by Crippen LogP contribution is -2.25. The van der Waals surface area contributed by atoms with E-state index >= 15 is 0 Å². The monoisotopic (exact) mass is 394 g/mol. The Labute approximate surface area is 167 Å². The topological polar surface area (TPSA) is 124 Å². The Balaban J connectivity index is 1.58. The molecule has 1 aromatic heterocycles. The van der Waals surface area contributed by atoms with Gasteiger partial charge in [0.15, 0.2) is 11.5 Å². The highest BCUT2D eigenvalue weighted by Crippen LogP contribution is 2.13. The van der Waals surface area contributed by atoms with Crippen molar-refractivity contribution in [2.75, 3.05) is 18.2 Å². The maximum absolute atomic E-state index is 12.4. The van der Waals surface area contributed by atoms with Crippen LogP contribution < -0.4 is 21.1 Å². The zero-order valence-electron chi connectivity index (χ0n) is 16.2. The minimum atomic E-state index is -0.469. The molecule has 9 nitrogen and oxygen atoms in total. The summed E-state index contributed by atoms with van der Waals surface area (Å²) in [6.07, 6.45) is 0. The molecule has 0 aliphatic heterocycles. The number of hydrogen-bond donors (Lipinski definition) is 3. The van der Waals surface area contributed by atoms with Gasteiger partial charge in [0.1, 0.15) is 12.3 Å². The van der Waals surface area contributed by atoms with Gasteiger partial charge in [-0.05, 0) is 36.8 Å². The number of anilines is 2. The van der Waals surface area contributed by atoms with E-state index in [0.29, 0.717) is 12.2 Å². The SMILES string of the molecule is COc1ccc(CNC(=O)c2nnn(CC(=O)Nc3ccc(C)cc3)c2N)cc1. The first kappa shape index (κ1) is 19.9. The molecule has 9 heteroatoms. The molecule has 0 bridgehead atoms. The van der Waals surface area contributed by atoms with Gasteiger partial charge in [-0.1, -0.05) is 35.0 Å². The fourth-order valence-corrected chi connectivity index (χ4v) is 2.58. The first-order valence-corrected chi connectivity index (χ1v) is 8.93. The van der Waals surface area contributed by atoms with Gasteiger partial charge in [0.05, 0.1) is 7.11 Å². The molecule has 3 aromatic rings. The molecule has 29 heavy (non-hydrogen) atoms. The largest absolute Gasteiger partial charge is 0.497 e. The number of aryl methyl sites for hydroxylation is 1. The van der Waals surface area contributed by atoms with Gasteiger partial charge in [-0.3, -0.25) is 9.59 Å². The standard InChI is InChI=1S/C20H22N6O3/c1-13-3-7-15(8-4-13)23-17(27)12-26-19(21)18(24-25-26)20(28)22-11-14-5-9-16(29-2)10-6-14/h3-10H,11-12,21H2,1-2H3,(H,22,28)(H,23,27). The zero-order chi connectivity index (χ0) is 20.8. The number of ether oxygens (including phenoxy) is 1. The van der Waals surface area contributed by atoms with Gasteiger partial charge in [-0.25, -0.2) is 4.68 Å². The molecule has 0 spiro atoms. The first-order chi connectivity index (χ1) is 14.0. The van der Waals surface area contributed by atoms with Crippen molar-refractivity contribution in [3.63, 3.8) is 0 Å². The highest BCUT2D eigenvalue weighted by atomic mass is 16.5. The number of methoxy groups -OCH3 is 1. The van der Waals surface area contributed by atoms with E-state index in [1.54, 1.807) is 31.4 Å². The number of rotatable bonds is 7. The summed E-state index contributed by atoms with van der Waals surface area (Å²) < 4.78 is 6.29. The van der Waals surface area contributed by atoms with Crippen LogP contribution >= 0.6 is 0 Å². The Bertz CT molecular complexity index is 996. The lowest BCUT2D eigenvalue weighted by atomic mass is 10.2. The molecule has 0 atom stereocenters. The minimum Gasteiger partial charge on any atom is -0.497 e. The van der Waals surface area contributed by atoms with Crippen molar-refractivity contribution in [2.45, 2.75) is 20.0 Å². The fraction of sp³-hybridized carbons (Fsp3) is 0.200. The van der Waals surface area contributed by atoms with Gasteiger partial charge in [0.25, 0.3) is 5.91 Å². The second-order valence-corrected chi connectivity index (χ2v) is 6.43. The van der Waals surface area contributed by atoms with Crippen LogP contribution in [0, 0.1) is 6.92 Å². The van der Waals surface area contributed by atoms with E-state index in [4.69, 9.17) is 10.5 Å². The van der Waals surface area contributed by atoms with Crippen molar-refractivity contribution in [3.8, 4) is 5.75 Å². The number of benzene rings is 2. The summed E-state index contributed by atoms with van der Waals surface area (Å²) in [6.45, 7) is 2.10. The predicted molar refractivity (Wildman–Crippen MR) is 108 cm³/mol. The van der Waals surface area contributed by atoms with Gasteiger partial charge in [0, 0.05) is 12.2 Å². The van der Waals surface area contributed by atoms with Gasteiger partial charge in [-0.15, -0.1) is 5.10 Å². The first-order valence-electron chi connectivity index (χ1n) is 8.93. The van der Waals surface area contributed by atoms with Crippen LogP contribution in [0.2, 0.25) is 0 Å². The van der Waals surface area contributed by atoms with E-state index in [1.165, 1.54) is 4.68 Å². The quantitative estimate of drug-likeness (QED) is 0.561. The predicted octanol–water partition coefficient (Wildman–Crippen LogP) is 1.75. The molecule has 0 aliphatic rings. The molecular formula is C20H22N6O3. The number of nitrogens with one attached hydrogen (secondary N) is 2. The fourth-order valence-electron chi connectivity index (χ4n) is 2.58. The maximum atomic E-state index is 12.4. The molecular weight excluding hydrogens is 372 g/mol. The van der Waals surface area contributed by atoms with E-state index in [-0.39, 0.29) is 24.0 Å². The number of hydrogen-bond acceptors (Lipinski definition) is 6. The second-order valence-electron chi connectivity index (χ2n) is 6.43. The van der Waals surface area contributed by atoms with E-state index in [0.717, 1.165) is 16.9 Å². The van der Waals surface area contributed by atoms with Crippen molar-refractivity contribution in [1.82, 2.24) is 20.3 Å². The third-order valence-corrected chi connectivity index (χ3v) is 4.23. The smallest absolute Gasteiger partial charge is 0.275 e. The van der Waals surface area contributed by atoms with Crippen LogP contribution in [-0.2, 0) is 17.9 Å². The highest BCUT2D eigenvalue weighted by Gasteiger charge is 2.18. The van der Waals surface area contributed by atoms with Crippen LogP contribution in [-0.4, -0.2) is 33.9 Å². The molecule has 150 valence electrons. The number of aromatic nitrogens is 3. The molecule has 4 N–H and O–H groups in total. The molecule has 2 amide bonds. The summed E-state index contributed by atoms with van der Waals surface area (Å²) in [5, 5.41) is 13.1. The van der Waals surface area contributed by atoms with Crippen molar-refractivity contribution in [2.24, 2.45) is 0 Å². The Morgan fingerprint density at radius 3 is 2.45 bits per heavy atom. The van der Waals surface area contributed by atoms with Crippen LogP contribution in [0.1, 0.15) is 21.6 Å². The Hall–Kier alpha value is -3.88. The molecule has 0 unspecified atom stereocenters. The summed E-state index contributed by atoms with van der Waals surface area (Å²) in [5.74, 6) is -0.0355. The third-order valence-electron chi connectivity index (χ3n) is 4.23. The number of nitrogen functional groups attached to an aromatic ring is 1. The number of nitrogens with two attached hydrogens (primary N) is 1. The van der Waals surface area contributed by atoms with Gasteiger partial charge >= 0.3 is 0 Å². The van der Waals surface area contributed by atoms with Gasteiger partial charge in [-0.2, -0.15) is 0 Å². The summed E-state index contributed by atoms with van der Waals surface area (Å²) in [5.41, 5.74) is 8.57. The van der Waals surface area contributed by atoms with E-state index in [9.17, 15) is 9.59 Å². The van der Waals surface area contributed by atoms with E-state index in [1.807, 2.05) is 31.2 Å². The molecule has 2 aromatic carbocycles. The van der Waals surface area contributed by atoms with Crippen LogP contribution in [0.15, 0.2) is 48.5 Å². The van der Waals surface area contributed by atoms with Crippen molar-refractivity contribution in [1.29, 1.82) is 0 Å². The van der Waals surface area contributed by atoms with Crippen LogP contribution in [0.3, 0.4) is 0 Å². The molecule has 0 aliphatic carbocycles. The number of amides is 2. The summed E-state index contributed by atoms with van der Waals surface area (Å²) in [6, 6.07) is 14.7. The number of carbonyl (C=O) groups is 2. The molecule has 1 heterocycles. The number of nitrogens with zero attached hydrogens (tertiary/aromatic N) is 3. The van der Waals surface area contributed by atoms with Crippen molar-refractivity contribution < 1.29 is 14.3 Å². The van der Waals surface area contributed by atoms with Gasteiger partial charge in [0.2, 0.25) is 5.91 Å². The Kier molecular flexibility index (Phi) is 6.08. The third kappa shape index (κ3) is 5.10. The normalized spacial score (nSPS) is 10.4. The molecule has 0 saturated heterocycles. The molecule has 0 fully saturated rings. The van der Waals surface area contributed by atoms with Gasteiger partial charge < -0.3 is 21.1 Å². The Morgan fingerprint density at radius 2 is 1.79 bits per heavy atom. The summed E-state index contributed by atoms with van der Waals surface area (Å²) >= 11 is 0. The van der Waals surface area contributed by atoms with Crippen molar-refractivity contribution >= 4 is 23.3 Å². The lowest BCUT2D eigenvalue weighted by molar-refractivity contribution is -0.116. The Morgan fingerprint density at radius 1 is 1.10 bits per heavy atom. The maximum Gasteiger partial charge on any atom is 0.275 e. The molecule has 0 radical (unpaired) electrons. The number of carbonyl (C=O) groups excluding carboxylic acids is 2. The lowest BCUT2D eigenvalue weighted by Gasteiger charge is -2.07. The van der Waals surface area contributed by atoms with Crippen molar-refractivity contribution in [3.05, 3.63) is 65.4 Å². The summed E-state index contributed by atoms with van der Waals surface area (Å²) in [7, 11) is 1.59. The average Bonchev–Trinajstić information content (AvgIpc) is 3.08. The van der Waals surface area contributed by atoms with E-state index < -0.39 is 5.91 Å². The molecule has 3 rings (SSSR count). The average molecular weight is 394 g/mol. The van der Waals surface area contributed by atoms with E-state index in [2.05, 4.69) is 20.9 Å². The zero-order valence-corrected chi connectivity index (χ0v) is 16.2. The molecule has 0 saturated carbocycles. The van der Waals surface area contributed by atoms with Crippen LogP contribution in [0.25, 0.3) is 0 Å². The minimum absolute atomic E-state index is 0.0243. The van der Waals surface area contributed by atoms with Crippen LogP contribution in [0.5, 0.6) is 5.75 Å². The van der Waals surface area contributed by atoms with Crippen LogP contribution in [0.4, 0.5) is 11.5 Å².